The van der Waals surface area contributed by atoms with Gasteiger partial charge in [-0.2, -0.15) is 4.31 Å². The molecule has 8 nitrogen and oxygen atoms in total. The first-order chi connectivity index (χ1) is 13.3. The van der Waals surface area contributed by atoms with Gasteiger partial charge in [-0.25, -0.2) is 8.42 Å². The average molecular weight is 406 g/mol. The van der Waals surface area contributed by atoms with Crippen molar-refractivity contribution in [3.05, 3.63) is 42.0 Å². The van der Waals surface area contributed by atoms with Crippen LogP contribution in [0.15, 0.2) is 41.3 Å². The van der Waals surface area contributed by atoms with Crippen molar-refractivity contribution in [2.24, 2.45) is 0 Å². The summed E-state index contributed by atoms with van der Waals surface area (Å²) in [5, 5.41) is 31.0. The zero-order chi connectivity index (χ0) is 20.3. The predicted octanol–water partition coefficient (Wildman–Crippen LogP) is 2.16. The molecule has 0 saturated carbocycles. The number of aromatic hydroxyl groups is 3. The van der Waals surface area contributed by atoms with E-state index in [1.54, 1.807) is 12.1 Å². The Morgan fingerprint density at radius 2 is 1.68 bits per heavy atom. The molecule has 0 spiro atoms. The van der Waals surface area contributed by atoms with Crippen LogP contribution in [0.3, 0.4) is 0 Å². The maximum Gasteiger partial charge on any atom is 0.243 e. The molecule has 150 valence electrons. The molecule has 1 heterocycles. The number of rotatable bonds is 6. The van der Waals surface area contributed by atoms with Gasteiger partial charge < -0.3 is 20.6 Å². The molecule has 3 rings (SSSR count). The topological polar surface area (TPSA) is 127 Å². The van der Waals surface area contributed by atoms with Crippen molar-refractivity contribution in [1.82, 2.24) is 4.31 Å². The van der Waals surface area contributed by atoms with E-state index in [1.807, 2.05) is 0 Å². The molecule has 2 aromatic carbocycles. The zero-order valence-corrected chi connectivity index (χ0v) is 15.9. The maximum absolute atomic E-state index is 12.6. The van der Waals surface area contributed by atoms with Crippen LogP contribution < -0.4 is 5.32 Å². The quantitative estimate of drug-likeness (QED) is 0.545. The van der Waals surface area contributed by atoms with E-state index in [9.17, 15) is 28.5 Å². The molecule has 2 aromatic rings. The highest BCUT2D eigenvalue weighted by atomic mass is 32.2. The van der Waals surface area contributed by atoms with Crippen LogP contribution in [-0.2, 0) is 21.2 Å². The van der Waals surface area contributed by atoms with Crippen molar-refractivity contribution >= 4 is 21.6 Å². The van der Waals surface area contributed by atoms with Crippen LogP contribution in [0.2, 0.25) is 0 Å². The normalized spacial score (nSPS) is 14.9. The number of hydrogen-bond donors (Lipinski definition) is 4. The van der Waals surface area contributed by atoms with Crippen molar-refractivity contribution < 1.29 is 28.5 Å². The molecule has 0 atom stereocenters. The number of amides is 1. The summed E-state index contributed by atoms with van der Waals surface area (Å²) in [6.45, 7) is 1.01. The molecule has 0 aromatic heterocycles. The number of sulfonamides is 1. The smallest absolute Gasteiger partial charge is 0.243 e. The van der Waals surface area contributed by atoms with Crippen LogP contribution >= 0.6 is 0 Å². The van der Waals surface area contributed by atoms with Crippen molar-refractivity contribution in [3.8, 4) is 17.2 Å². The van der Waals surface area contributed by atoms with Gasteiger partial charge in [0, 0.05) is 25.2 Å². The molecule has 28 heavy (non-hydrogen) atoms. The molecule has 1 aliphatic heterocycles. The Labute approximate surface area is 163 Å². The number of phenolic OH excluding ortho intramolecular Hbond substituents is 3. The van der Waals surface area contributed by atoms with Crippen LogP contribution in [0.5, 0.6) is 17.2 Å². The van der Waals surface area contributed by atoms with Gasteiger partial charge in [-0.15, -0.1) is 0 Å². The third-order valence-corrected chi connectivity index (χ3v) is 6.49. The van der Waals surface area contributed by atoms with Crippen LogP contribution in [-0.4, -0.2) is 47.0 Å². The summed E-state index contributed by atoms with van der Waals surface area (Å²) in [6.07, 6.45) is 1.96. The lowest BCUT2D eigenvalue weighted by atomic mass is 10.1. The summed E-state index contributed by atoms with van der Waals surface area (Å²) in [7, 11) is -3.56. The van der Waals surface area contributed by atoms with Gasteiger partial charge in [0.25, 0.3) is 0 Å². The summed E-state index contributed by atoms with van der Waals surface area (Å²) >= 11 is 0. The Hall–Kier alpha value is -2.78. The molecule has 1 aliphatic rings. The molecule has 1 fully saturated rings. The van der Waals surface area contributed by atoms with E-state index in [0.717, 1.165) is 12.8 Å². The fourth-order valence-electron chi connectivity index (χ4n) is 3.10. The first-order valence-corrected chi connectivity index (χ1v) is 10.4. The molecule has 4 N–H and O–H groups in total. The van der Waals surface area contributed by atoms with E-state index in [0.29, 0.717) is 24.3 Å². The van der Waals surface area contributed by atoms with Crippen molar-refractivity contribution in [1.29, 1.82) is 0 Å². The van der Waals surface area contributed by atoms with Gasteiger partial charge in [-0.1, -0.05) is 6.07 Å². The Morgan fingerprint density at radius 1 is 1.04 bits per heavy atom. The van der Waals surface area contributed by atoms with Gasteiger partial charge in [0.1, 0.15) is 0 Å². The molecule has 0 radical (unpaired) electrons. The lowest BCUT2D eigenvalue weighted by Crippen LogP contribution is -2.27. The monoisotopic (exact) mass is 406 g/mol. The molecular formula is C19H22N2O6S. The number of phenols is 3. The van der Waals surface area contributed by atoms with E-state index in [2.05, 4.69) is 5.32 Å². The Balaban J connectivity index is 1.65. The molecule has 0 aliphatic carbocycles. The largest absolute Gasteiger partial charge is 0.504 e. The van der Waals surface area contributed by atoms with Crippen molar-refractivity contribution in [2.45, 2.75) is 30.6 Å². The second-order valence-electron chi connectivity index (χ2n) is 6.67. The molecular weight excluding hydrogens is 384 g/mol. The highest BCUT2D eigenvalue weighted by Gasteiger charge is 2.27. The van der Waals surface area contributed by atoms with Crippen LogP contribution in [0.25, 0.3) is 0 Å². The number of carbonyl (C=O) groups excluding carboxylic acids is 1. The lowest BCUT2D eigenvalue weighted by Gasteiger charge is -2.16. The summed E-state index contributed by atoms with van der Waals surface area (Å²) in [4.78, 5) is 12.3. The van der Waals surface area contributed by atoms with Crippen molar-refractivity contribution in [2.75, 3.05) is 18.4 Å². The summed E-state index contributed by atoms with van der Waals surface area (Å²) in [5.41, 5.74) is 0.856. The fourth-order valence-corrected chi connectivity index (χ4v) is 4.66. The molecule has 0 bridgehead atoms. The first kappa shape index (κ1) is 20.0. The maximum atomic E-state index is 12.6. The number of hydrogen-bond acceptors (Lipinski definition) is 6. The van der Waals surface area contributed by atoms with Gasteiger partial charge in [-0.3, -0.25) is 4.79 Å². The first-order valence-electron chi connectivity index (χ1n) is 8.91. The second-order valence-corrected chi connectivity index (χ2v) is 8.61. The van der Waals surface area contributed by atoms with Gasteiger partial charge in [-0.05, 0) is 55.2 Å². The van der Waals surface area contributed by atoms with E-state index in [-0.39, 0.29) is 23.6 Å². The number of benzene rings is 2. The summed E-state index contributed by atoms with van der Waals surface area (Å²) in [6, 6.07) is 8.67. The second kappa shape index (κ2) is 8.07. The van der Waals surface area contributed by atoms with E-state index < -0.39 is 27.3 Å². The SMILES string of the molecule is O=C(CCc1cc(O)c(O)c(O)c1)Nc1cccc(S(=O)(=O)N2CCCC2)c1. The number of carbonyl (C=O) groups is 1. The van der Waals surface area contributed by atoms with Gasteiger partial charge >= 0.3 is 0 Å². The van der Waals surface area contributed by atoms with Crippen molar-refractivity contribution in [3.63, 3.8) is 0 Å². The number of anilines is 1. The highest BCUT2D eigenvalue weighted by Crippen LogP contribution is 2.35. The minimum absolute atomic E-state index is 0.0484. The Kier molecular flexibility index (Phi) is 5.76. The molecule has 9 heteroatoms. The van der Waals surface area contributed by atoms with Gasteiger partial charge in [0.15, 0.2) is 17.2 Å². The Morgan fingerprint density at radius 3 is 2.32 bits per heavy atom. The fraction of sp³-hybridized carbons (Fsp3) is 0.316. The molecule has 1 amide bonds. The number of nitrogens with zero attached hydrogens (tertiary/aromatic N) is 1. The van der Waals surface area contributed by atoms with E-state index in [1.165, 1.54) is 28.6 Å². The van der Waals surface area contributed by atoms with E-state index in [4.69, 9.17) is 0 Å². The van der Waals surface area contributed by atoms with Gasteiger partial charge in [0.2, 0.25) is 15.9 Å². The zero-order valence-electron chi connectivity index (χ0n) is 15.1. The number of aryl methyl sites for hydroxylation is 1. The molecule has 1 saturated heterocycles. The summed E-state index contributed by atoms with van der Waals surface area (Å²) < 4.78 is 26.7. The summed E-state index contributed by atoms with van der Waals surface area (Å²) in [5.74, 6) is -1.88. The minimum atomic E-state index is -3.56. The third kappa shape index (κ3) is 4.37. The third-order valence-electron chi connectivity index (χ3n) is 4.59. The van der Waals surface area contributed by atoms with Crippen LogP contribution in [0, 0.1) is 0 Å². The van der Waals surface area contributed by atoms with Gasteiger partial charge in [0.05, 0.1) is 4.90 Å². The molecule has 0 unspecified atom stereocenters. The van der Waals surface area contributed by atoms with Crippen LogP contribution in [0.4, 0.5) is 5.69 Å². The van der Waals surface area contributed by atoms with Crippen LogP contribution in [0.1, 0.15) is 24.8 Å². The highest BCUT2D eigenvalue weighted by molar-refractivity contribution is 7.89. The number of nitrogens with one attached hydrogen (secondary N) is 1. The average Bonchev–Trinajstić information content (AvgIpc) is 3.20. The lowest BCUT2D eigenvalue weighted by molar-refractivity contribution is -0.116. The van der Waals surface area contributed by atoms with E-state index >= 15 is 0 Å². The predicted molar refractivity (Wildman–Crippen MR) is 103 cm³/mol. The Bertz CT molecular complexity index is 961. The minimum Gasteiger partial charge on any atom is -0.504 e. The standard InChI is InChI=1S/C19H22N2O6S/c22-16-10-13(11-17(23)19(16)25)6-7-18(24)20-14-4-3-5-15(12-14)28(26,27)21-8-1-2-9-21/h3-5,10-12,22-23,25H,1-2,6-9H2,(H,20,24).